The number of nitrogens with one attached hydrogen (secondary N) is 2. The maximum atomic E-state index is 11.9. The van der Waals surface area contributed by atoms with Crippen LogP contribution in [0.25, 0.3) is 0 Å². The lowest BCUT2D eigenvalue weighted by atomic mass is 10.1. The number of rotatable bonds is 3. The number of carbonyl (C=O) groups is 1. The molecule has 1 aliphatic rings. The van der Waals surface area contributed by atoms with Gasteiger partial charge in [0.05, 0.1) is 0 Å². The van der Waals surface area contributed by atoms with E-state index in [-0.39, 0.29) is 12.1 Å². The van der Waals surface area contributed by atoms with Crippen molar-refractivity contribution in [2.45, 2.75) is 18.9 Å². The first kappa shape index (κ1) is 13.9. The summed E-state index contributed by atoms with van der Waals surface area (Å²) in [5.74, 6) is 0. The predicted molar refractivity (Wildman–Crippen MR) is 85.9 cm³/mol. The average Bonchev–Trinajstić information content (AvgIpc) is 3.03. The number of hydrogen-bond acceptors (Lipinski definition) is 4. The number of amides is 2. The number of urea groups is 1. The van der Waals surface area contributed by atoms with Gasteiger partial charge < -0.3 is 15.5 Å². The highest BCUT2D eigenvalue weighted by Gasteiger charge is 2.21. The van der Waals surface area contributed by atoms with Crippen molar-refractivity contribution in [1.82, 2.24) is 10.3 Å². The molecule has 2 amide bonds. The topological polar surface area (TPSA) is 57.3 Å². The molecule has 0 atom stereocenters. The van der Waals surface area contributed by atoms with E-state index in [1.807, 2.05) is 41.9 Å². The van der Waals surface area contributed by atoms with E-state index < -0.39 is 0 Å². The summed E-state index contributed by atoms with van der Waals surface area (Å²) in [4.78, 5) is 18.5. The molecule has 3 rings (SSSR count). The van der Waals surface area contributed by atoms with Gasteiger partial charge in [-0.2, -0.15) is 0 Å². The summed E-state index contributed by atoms with van der Waals surface area (Å²) < 4.78 is 0. The van der Waals surface area contributed by atoms with Crippen molar-refractivity contribution >= 4 is 28.2 Å². The van der Waals surface area contributed by atoms with Crippen molar-refractivity contribution < 1.29 is 4.79 Å². The van der Waals surface area contributed by atoms with E-state index >= 15 is 0 Å². The molecule has 0 aliphatic carbocycles. The smallest absolute Gasteiger partial charge is 0.319 e. The number of para-hydroxylation sites is 1. The summed E-state index contributed by atoms with van der Waals surface area (Å²) in [5, 5.41) is 8.96. The van der Waals surface area contributed by atoms with E-state index in [1.165, 1.54) is 0 Å². The third-order valence-corrected chi connectivity index (χ3v) is 4.38. The van der Waals surface area contributed by atoms with Crippen LogP contribution in [-0.2, 0) is 0 Å². The first-order valence-corrected chi connectivity index (χ1v) is 7.96. The van der Waals surface area contributed by atoms with Crippen LogP contribution in [0.15, 0.2) is 41.9 Å². The van der Waals surface area contributed by atoms with Gasteiger partial charge in [0.15, 0.2) is 5.13 Å². The molecule has 1 aromatic heterocycles. The van der Waals surface area contributed by atoms with Crippen LogP contribution in [0.3, 0.4) is 0 Å². The first-order valence-electron chi connectivity index (χ1n) is 7.08. The normalized spacial score (nSPS) is 15.7. The molecule has 0 spiro atoms. The van der Waals surface area contributed by atoms with E-state index in [0.717, 1.165) is 36.8 Å². The number of hydrogen-bond donors (Lipinski definition) is 2. The molecule has 0 radical (unpaired) electrons. The van der Waals surface area contributed by atoms with Crippen LogP contribution in [0.5, 0.6) is 0 Å². The number of thiazole rings is 1. The van der Waals surface area contributed by atoms with E-state index in [4.69, 9.17) is 0 Å². The maximum Gasteiger partial charge on any atom is 0.319 e. The largest absolute Gasteiger partial charge is 0.348 e. The fourth-order valence-electron chi connectivity index (χ4n) is 2.46. The summed E-state index contributed by atoms with van der Waals surface area (Å²) in [6, 6.07) is 9.59. The molecule has 2 heterocycles. The van der Waals surface area contributed by atoms with Gasteiger partial charge in [0.25, 0.3) is 0 Å². The number of nitrogens with zero attached hydrogens (tertiary/aromatic N) is 2. The number of benzene rings is 1. The molecule has 5 nitrogen and oxygen atoms in total. The third-order valence-electron chi connectivity index (χ3n) is 3.55. The van der Waals surface area contributed by atoms with Crippen molar-refractivity contribution in [3.8, 4) is 0 Å². The Hall–Kier alpha value is -2.08. The van der Waals surface area contributed by atoms with Crippen molar-refractivity contribution in [2.75, 3.05) is 23.3 Å². The van der Waals surface area contributed by atoms with Crippen molar-refractivity contribution in [3.63, 3.8) is 0 Å². The highest BCUT2D eigenvalue weighted by atomic mass is 32.1. The van der Waals surface area contributed by atoms with Crippen LogP contribution < -0.4 is 15.5 Å². The Morgan fingerprint density at radius 2 is 2.00 bits per heavy atom. The van der Waals surface area contributed by atoms with Crippen LogP contribution in [0.1, 0.15) is 12.8 Å². The van der Waals surface area contributed by atoms with E-state index in [2.05, 4.69) is 20.5 Å². The lowest BCUT2D eigenvalue weighted by Gasteiger charge is -2.32. The molecule has 6 heteroatoms. The average molecular weight is 302 g/mol. The summed E-state index contributed by atoms with van der Waals surface area (Å²) >= 11 is 1.66. The zero-order valence-corrected chi connectivity index (χ0v) is 12.5. The molecule has 2 N–H and O–H groups in total. The van der Waals surface area contributed by atoms with Crippen LogP contribution in [0.2, 0.25) is 0 Å². The second-order valence-corrected chi connectivity index (χ2v) is 5.91. The summed E-state index contributed by atoms with van der Waals surface area (Å²) in [6.45, 7) is 1.87. The first-order chi connectivity index (χ1) is 10.3. The van der Waals surface area contributed by atoms with E-state index in [9.17, 15) is 4.79 Å². The highest BCUT2D eigenvalue weighted by Crippen LogP contribution is 2.21. The van der Waals surface area contributed by atoms with Crippen molar-refractivity contribution in [2.24, 2.45) is 0 Å². The monoisotopic (exact) mass is 302 g/mol. The molecule has 21 heavy (non-hydrogen) atoms. The molecule has 0 saturated carbocycles. The molecule has 1 aliphatic heterocycles. The Kier molecular flexibility index (Phi) is 4.35. The Balaban J connectivity index is 1.46. The van der Waals surface area contributed by atoms with Gasteiger partial charge in [0, 0.05) is 36.4 Å². The zero-order valence-electron chi connectivity index (χ0n) is 11.7. The van der Waals surface area contributed by atoms with Crippen molar-refractivity contribution in [1.29, 1.82) is 0 Å². The zero-order chi connectivity index (χ0) is 14.5. The Morgan fingerprint density at radius 1 is 1.24 bits per heavy atom. The maximum absolute atomic E-state index is 11.9. The van der Waals surface area contributed by atoms with Gasteiger partial charge in [0.1, 0.15) is 0 Å². The number of carbonyl (C=O) groups excluding carboxylic acids is 1. The SMILES string of the molecule is O=C(Nc1ccccc1)NC1CCN(c2nccs2)CC1. The quantitative estimate of drug-likeness (QED) is 0.916. The minimum Gasteiger partial charge on any atom is -0.348 e. The molecular formula is C15H18N4OS. The van der Waals surface area contributed by atoms with Gasteiger partial charge in [-0.1, -0.05) is 18.2 Å². The van der Waals surface area contributed by atoms with Crippen LogP contribution in [-0.4, -0.2) is 30.1 Å². The lowest BCUT2D eigenvalue weighted by molar-refractivity contribution is 0.246. The Morgan fingerprint density at radius 3 is 2.67 bits per heavy atom. The fraction of sp³-hybridized carbons (Fsp3) is 0.333. The Labute approximate surface area is 128 Å². The van der Waals surface area contributed by atoms with Gasteiger partial charge >= 0.3 is 6.03 Å². The number of aromatic nitrogens is 1. The van der Waals surface area contributed by atoms with Gasteiger partial charge in [0.2, 0.25) is 0 Å². The molecule has 0 bridgehead atoms. The summed E-state index contributed by atoms with van der Waals surface area (Å²) in [7, 11) is 0. The van der Waals surface area contributed by atoms with Gasteiger partial charge in [-0.25, -0.2) is 9.78 Å². The van der Waals surface area contributed by atoms with E-state index in [1.54, 1.807) is 11.3 Å². The fourth-order valence-corrected chi connectivity index (χ4v) is 3.16. The van der Waals surface area contributed by atoms with Crippen molar-refractivity contribution in [3.05, 3.63) is 41.9 Å². The summed E-state index contributed by atoms with van der Waals surface area (Å²) in [6.07, 6.45) is 3.72. The lowest BCUT2D eigenvalue weighted by Crippen LogP contribution is -2.46. The van der Waals surface area contributed by atoms with E-state index in [0.29, 0.717) is 0 Å². The van der Waals surface area contributed by atoms with Gasteiger partial charge in [-0.15, -0.1) is 11.3 Å². The molecule has 110 valence electrons. The van der Waals surface area contributed by atoms with Gasteiger partial charge in [-0.3, -0.25) is 0 Å². The molecule has 1 aromatic carbocycles. The van der Waals surface area contributed by atoms with Gasteiger partial charge in [-0.05, 0) is 25.0 Å². The van der Waals surface area contributed by atoms with Crippen LogP contribution in [0.4, 0.5) is 15.6 Å². The predicted octanol–water partition coefficient (Wildman–Crippen LogP) is 2.93. The second kappa shape index (κ2) is 6.58. The second-order valence-electron chi connectivity index (χ2n) is 5.04. The van der Waals surface area contributed by atoms with Crippen LogP contribution in [0, 0.1) is 0 Å². The third kappa shape index (κ3) is 3.72. The number of anilines is 2. The summed E-state index contributed by atoms with van der Waals surface area (Å²) in [5.41, 5.74) is 0.815. The standard InChI is InChI=1S/C15H18N4OS/c20-14(17-12-4-2-1-3-5-12)18-13-6-9-19(10-7-13)15-16-8-11-21-15/h1-5,8,11,13H,6-7,9-10H2,(H2,17,18,20). The minimum atomic E-state index is -0.131. The number of piperidine rings is 1. The minimum absolute atomic E-state index is 0.131. The Bertz CT molecular complexity index is 565. The molecule has 2 aromatic rings. The highest BCUT2D eigenvalue weighted by molar-refractivity contribution is 7.13. The van der Waals surface area contributed by atoms with Crippen LogP contribution >= 0.6 is 11.3 Å². The molecule has 1 saturated heterocycles. The molecule has 0 unspecified atom stereocenters. The molecule has 1 fully saturated rings. The molecular weight excluding hydrogens is 284 g/mol.